The normalized spacial score (nSPS) is 10.6. The highest BCUT2D eigenvalue weighted by Crippen LogP contribution is 2.11. The van der Waals surface area contributed by atoms with Gasteiger partial charge in [-0.15, -0.1) is 0 Å². The number of amides is 1. The minimum absolute atomic E-state index is 0.297. The van der Waals surface area contributed by atoms with Crippen molar-refractivity contribution in [1.82, 2.24) is 14.8 Å². The number of nitrogens with zero attached hydrogens (tertiary/aromatic N) is 3. The van der Waals surface area contributed by atoms with Crippen LogP contribution in [0.2, 0.25) is 0 Å². The molecule has 7 heteroatoms. The van der Waals surface area contributed by atoms with Crippen LogP contribution in [0.5, 0.6) is 0 Å². The van der Waals surface area contributed by atoms with Gasteiger partial charge in [0.1, 0.15) is 11.6 Å². The molecule has 0 aromatic carbocycles. The number of hydrogen-bond acceptors (Lipinski definition) is 4. The van der Waals surface area contributed by atoms with Gasteiger partial charge in [0.05, 0.1) is 18.0 Å². The number of anilines is 1. The summed E-state index contributed by atoms with van der Waals surface area (Å²) in [6.07, 6.45) is 3.35. The van der Waals surface area contributed by atoms with Crippen LogP contribution in [0.1, 0.15) is 22.5 Å². The van der Waals surface area contributed by atoms with Crippen molar-refractivity contribution in [2.45, 2.75) is 19.9 Å². The van der Waals surface area contributed by atoms with Crippen LogP contribution in [0.3, 0.4) is 0 Å². The Morgan fingerprint density at radius 3 is 2.90 bits per heavy atom. The van der Waals surface area contributed by atoms with Gasteiger partial charge < -0.3 is 11.1 Å². The second kappa shape index (κ2) is 6.25. The second-order valence-corrected chi connectivity index (χ2v) is 4.32. The third-order valence-electron chi connectivity index (χ3n) is 2.89. The molecular weight excluding hydrogens is 261 g/mol. The summed E-state index contributed by atoms with van der Waals surface area (Å²) in [5.41, 5.74) is 6.68. The Morgan fingerprint density at radius 1 is 1.45 bits per heavy atom. The predicted octanol–water partition coefficient (Wildman–Crippen LogP) is 1.33. The zero-order valence-corrected chi connectivity index (χ0v) is 11.1. The van der Waals surface area contributed by atoms with E-state index in [1.54, 1.807) is 4.68 Å². The van der Waals surface area contributed by atoms with Crippen molar-refractivity contribution in [2.24, 2.45) is 5.73 Å². The maximum absolute atomic E-state index is 12.7. The minimum Gasteiger partial charge on any atom is -0.330 e. The van der Waals surface area contributed by atoms with Crippen LogP contribution >= 0.6 is 0 Å². The lowest BCUT2D eigenvalue weighted by molar-refractivity contribution is 0.102. The summed E-state index contributed by atoms with van der Waals surface area (Å²) in [6, 6.07) is 2.64. The van der Waals surface area contributed by atoms with Gasteiger partial charge in [0.15, 0.2) is 0 Å². The van der Waals surface area contributed by atoms with Gasteiger partial charge in [-0.25, -0.2) is 9.37 Å². The molecule has 20 heavy (non-hydrogen) atoms. The highest BCUT2D eigenvalue weighted by atomic mass is 19.1. The third kappa shape index (κ3) is 3.18. The van der Waals surface area contributed by atoms with Gasteiger partial charge in [-0.05, 0) is 32.0 Å². The summed E-state index contributed by atoms with van der Waals surface area (Å²) in [7, 11) is 0. The van der Waals surface area contributed by atoms with Crippen LogP contribution in [-0.4, -0.2) is 27.2 Å². The Labute approximate surface area is 115 Å². The molecule has 106 valence electrons. The first-order chi connectivity index (χ1) is 9.61. The number of pyridine rings is 1. The third-order valence-corrected chi connectivity index (χ3v) is 2.89. The fraction of sp³-hybridized carbons (Fsp3) is 0.308. The standard InChI is InChI=1S/C13H16FN5O/c1-9-11(8-17-19(9)6-2-5-15)13(20)18-12-4-3-10(14)7-16-12/h3-4,7-8H,2,5-6,15H2,1H3,(H,16,18,20). The quantitative estimate of drug-likeness (QED) is 0.863. The number of carbonyl (C=O) groups is 1. The molecule has 0 radical (unpaired) electrons. The molecule has 2 aromatic rings. The number of aromatic nitrogens is 3. The lowest BCUT2D eigenvalue weighted by Crippen LogP contribution is -2.14. The van der Waals surface area contributed by atoms with Crippen molar-refractivity contribution in [2.75, 3.05) is 11.9 Å². The van der Waals surface area contributed by atoms with E-state index >= 15 is 0 Å². The molecule has 2 rings (SSSR count). The lowest BCUT2D eigenvalue weighted by Gasteiger charge is -2.05. The smallest absolute Gasteiger partial charge is 0.260 e. The Kier molecular flexibility index (Phi) is 4.41. The van der Waals surface area contributed by atoms with Crippen LogP contribution in [0.15, 0.2) is 24.5 Å². The molecule has 0 fully saturated rings. The van der Waals surface area contributed by atoms with E-state index in [4.69, 9.17) is 5.73 Å². The van der Waals surface area contributed by atoms with E-state index in [9.17, 15) is 9.18 Å². The van der Waals surface area contributed by atoms with E-state index in [0.717, 1.165) is 18.3 Å². The molecule has 2 aromatic heterocycles. The van der Waals surface area contributed by atoms with Gasteiger partial charge in [0.2, 0.25) is 0 Å². The molecule has 0 spiro atoms. The minimum atomic E-state index is -0.450. The molecule has 1 amide bonds. The van der Waals surface area contributed by atoms with Gasteiger partial charge in [0, 0.05) is 12.2 Å². The molecule has 0 saturated carbocycles. The zero-order chi connectivity index (χ0) is 14.5. The molecule has 0 saturated heterocycles. The highest BCUT2D eigenvalue weighted by molar-refractivity contribution is 6.04. The number of carbonyl (C=O) groups excluding carboxylic acids is 1. The monoisotopic (exact) mass is 277 g/mol. The molecular formula is C13H16FN5O. The van der Waals surface area contributed by atoms with Crippen molar-refractivity contribution in [3.8, 4) is 0 Å². The second-order valence-electron chi connectivity index (χ2n) is 4.32. The van der Waals surface area contributed by atoms with E-state index in [2.05, 4.69) is 15.4 Å². The Bertz CT molecular complexity index is 593. The molecule has 0 aliphatic heterocycles. The van der Waals surface area contributed by atoms with Gasteiger partial charge >= 0.3 is 0 Å². The van der Waals surface area contributed by atoms with Crippen molar-refractivity contribution < 1.29 is 9.18 Å². The molecule has 2 heterocycles. The fourth-order valence-corrected chi connectivity index (χ4v) is 1.77. The van der Waals surface area contributed by atoms with Crippen LogP contribution in [-0.2, 0) is 6.54 Å². The SMILES string of the molecule is Cc1c(C(=O)Nc2ccc(F)cn2)cnn1CCCN. The summed E-state index contributed by atoms with van der Waals surface area (Å²) in [5, 5.41) is 6.75. The molecule has 0 aliphatic rings. The fourth-order valence-electron chi connectivity index (χ4n) is 1.77. The predicted molar refractivity (Wildman–Crippen MR) is 72.8 cm³/mol. The van der Waals surface area contributed by atoms with Crippen LogP contribution < -0.4 is 11.1 Å². The number of nitrogens with two attached hydrogens (primary N) is 1. The molecule has 0 bridgehead atoms. The summed E-state index contributed by atoms with van der Waals surface area (Å²) in [5.74, 6) is -0.472. The van der Waals surface area contributed by atoms with E-state index in [-0.39, 0.29) is 5.91 Å². The molecule has 6 nitrogen and oxygen atoms in total. The number of nitrogens with one attached hydrogen (secondary N) is 1. The first-order valence-electron chi connectivity index (χ1n) is 6.27. The largest absolute Gasteiger partial charge is 0.330 e. The maximum atomic E-state index is 12.7. The lowest BCUT2D eigenvalue weighted by atomic mass is 10.2. The van der Waals surface area contributed by atoms with Crippen LogP contribution in [0, 0.1) is 12.7 Å². The number of halogens is 1. The summed E-state index contributed by atoms with van der Waals surface area (Å²) < 4.78 is 14.5. The van der Waals surface area contributed by atoms with Crippen molar-refractivity contribution in [3.63, 3.8) is 0 Å². The summed E-state index contributed by atoms with van der Waals surface area (Å²) in [4.78, 5) is 15.9. The number of aryl methyl sites for hydroxylation is 1. The maximum Gasteiger partial charge on any atom is 0.260 e. The first-order valence-corrected chi connectivity index (χ1v) is 6.27. The first kappa shape index (κ1) is 14.1. The number of rotatable bonds is 5. The van der Waals surface area contributed by atoms with Crippen LogP contribution in [0.4, 0.5) is 10.2 Å². The van der Waals surface area contributed by atoms with E-state index in [0.29, 0.717) is 24.5 Å². The molecule has 0 unspecified atom stereocenters. The van der Waals surface area contributed by atoms with Crippen molar-refractivity contribution in [3.05, 3.63) is 41.6 Å². The van der Waals surface area contributed by atoms with E-state index in [1.165, 1.54) is 18.3 Å². The average molecular weight is 277 g/mol. The number of hydrogen-bond donors (Lipinski definition) is 2. The van der Waals surface area contributed by atoms with Gasteiger partial charge in [-0.2, -0.15) is 5.10 Å². The molecule has 3 N–H and O–H groups in total. The van der Waals surface area contributed by atoms with Gasteiger partial charge in [-0.3, -0.25) is 9.48 Å². The van der Waals surface area contributed by atoms with Crippen LogP contribution in [0.25, 0.3) is 0 Å². The van der Waals surface area contributed by atoms with Crippen molar-refractivity contribution in [1.29, 1.82) is 0 Å². The van der Waals surface area contributed by atoms with Gasteiger partial charge in [-0.1, -0.05) is 0 Å². The topological polar surface area (TPSA) is 85.8 Å². The highest BCUT2D eigenvalue weighted by Gasteiger charge is 2.14. The van der Waals surface area contributed by atoms with Crippen molar-refractivity contribution >= 4 is 11.7 Å². The average Bonchev–Trinajstić information content (AvgIpc) is 2.80. The Balaban J connectivity index is 2.09. The zero-order valence-electron chi connectivity index (χ0n) is 11.1. The van der Waals surface area contributed by atoms with Gasteiger partial charge in [0.25, 0.3) is 5.91 Å². The summed E-state index contributed by atoms with van der Waals surface area (Å²) in [6.45, 7) is 3.06. The molecule has 0 aliphatic carbocycles. The Morgan fingerprint density at radius 2 is 2.25 bits per heavy atom. The van der Waals surface area contributed by atoms with E-state index < -0.39 is 5.82 Å². The molecule has 0 atom stereocenters. The summed E-state index contributed by atoms with van der Waals surface area (Å²) >= 11 is 0. The Hall–Kier alpha value is -2.28. The van der Waals surface area contributed by atoms with E-state index in [1.807, 2.05) is 6.92 Å².